The molecule has 78 valence electrons. The maximum atomic E-state index is 13.0. The van der Waals surface area contributed by atoms with Crippen LogP contribution in [0.4, 0.5) is 4.39 Å². The largest absolute Gasteiger partial charge is 0.366 e. The summed E-state index contributed by atoms with van der Waals surface area (Å²) in [5.41, 5.74) is 7.67. The number of primary amides is 1. The quantitative estimate of drug-likeness (QED) is 0.615. The van der Waals surface area contributed by atoms with Crippen LogP contribution in [0.5, 0.6) is 0 Å². The fraction of sp³-hybridized carbons (Fsp3) is 0.182. The zero-order valence-corrected chi connectivity index (χ0v) is 9.42. The van der Waals surface area contributed by atoms with Crippen molar-refractivity contribution in [3.63, 3.8) is 0 Å². The second kappa shape index (κ2) is 3.77. The first kappa shape index (κ1) is 10.4. The molecule has 0 heterocycles. The van der Waals surface area contributed by atoms with E-state index in [4.69, 9.17) is 5.73 Å². The summed E-state index contributed by atoms with van der Waals surface area (Å²) < 4.78 is 13.0. The molecule has 2 nitrogen and oxygen atoms in total. The molecule has 0 saturated carbocycles. The van der Waals surface area contributed by atoms with Gasteiger partial charge in [0.2, 0.25) is 5.91 Å². The Morgan fingerprint density at radius 1 is 1.60 bits per heavy atom. The van der Waals surface area contributed by atoms with E-state index in [-0.39, 0.29) is 10.6 Å². The van der Waals surface area contributed by atoms with Gasteiger partial charge in [0, 0.05) is 10.9 Å². The molecule has 0 saturated heterocycles. The first-order valence-electron chi connectivity index (χ1n) is 4.52. The van der Waals surface area contributed by atoms with Crippen molar-refractivity contribution in [2.24, 2.45) is 5.73 Å². The number of rotatable bonds is 1. The zero-order valence-electron chi connectivity index (χ0n) is 7.84. The molecule has 1 amide bonds. The summed E-state index contributed by atoms with van der Waals surface area (Å²) in [5, 5.41) is 0. The van der Waals surface area contributed by atoms with Crippen molar-refractivity contribution in [1.82, 2.24) is 0 Å². The van der Waals surface area contributed by atoms with Crippen LogP contribution in [0.2, 0.25) is 0 Å². The fourth-order valence-electron chi connectivity index (χ4n) is 1.79. The Morgan fingerprint density at radius 3 is 3.00 bits per heavy atom. The highest BCUT2D eigenvalue weighted by atomic mass is 79.9. The Labute approximate surface area is 95.1 Å². The molecule has 0 fully saturated rings. The number of hydrogen-bond donors (Lipinski definition) is 1. The normalized spacial score (nSPS) is 21.7. The van der Waals surface area contributed by atoms with Crippen LogP contribution in [0.25, 0.3) is 5.57 Å². The number of hydrogen-bond acceptors (Lipinski definition) is 1. The van der Waals surface area contributed by atoms with Crippen LogP contribution in [0.15, 0.2) is 24.3 Å². The minimum absolute atomic E-state index is 0.0433. The maximum Gasteiger partial charge on any atom is 0.241 e. The average Bonchev–Trinajstić information content (AvgIpc) is 2.43. The van der Waals surface area contributed by atoms with Gasteiger partial charge < -0.3 is 5.73 Å². The van der Waals surface area contributed by atoms with Crippen molar-refractivity contribution in [2.75, 3.05) is 0 Å². The SMILES string of the molecule is NC(=O)/C=C1\c2cc(F)ccc2CC1Br. The van der Waals surface area contributed by atoms with Crippen LogP contribution < -0.4 is 5.73 Å². The monoisotopic (exact) mass is 269 g/mol. The van der Waals surface area contributed by atoms with E-state index in [2.05, 4.69) is 15.9 Å². The third-order valence-electron chi connectivity index (χ3n) is 2.42. The predicted molar refractivity (Wildman–Crippen MR) is 60.0 cm³/mol. The smallest absolute Gasteiger partial charge is 0.241 e. The number of fused-ring (bicyclic) bond motifs is 1. The van der Waals surface area contributed by atoms with Gasteiger partial charge in [-0.05, 0) is 35.3 Å². The van der Waals surface area contributed by atoms with E-state index < -0.39 is 5.91 Å². The number of allylic oxidation sites excluding steroid dienone is 1. The van der Waals surface area contributed by atoms with Gasteiger partial charge in [-0.1, -0.05) is 22.0 Å². The van der Waals surface area contributed by atoms with Gasteiger partial charge in [-0.15, -0.1) is 0 Å². The zero-order chi connectivity index (χ0) is 11.0. The molecule has 1 aromatic carbocycles. The lowest BCUT2D eigenvalue weighted by Crippen LogP contribution is -2.08. The Balaban J connectivity index is 2.53. The molecular weight excluding hydrogens is 261 g/mol. The molecule has 0 aromatic heterocycles. The van der Waals surface area contributed by atoms with Crippen LogP contribution in [0.1, 0.15) is 11.1 Å². The number of alkyl halides is 1. The molecule has 1 atom stereocenters. The topological polar surface area (TPSA) is 43.1 Å². The Hall–Kier alpha value is -1.16. The number of carbonyl (C=O) groups is 1. The van der Waals surface area contributed by atoms with Crippen LogP contribution in [0.3, 0.4) is 0 Å². The van der Waals surface area contributed by atoms with Crippen molar-refractivity contribution in [1.29, 1.82) is 0 Å². The van der Waals surface area contributed by atoms with E-state index in [1.807, 2.05) is 0 Å². The van der Waals surface area contributed by atoms with Crippen molar-refractivity contribution < 1.29 is 9.18 Å². The highest BCUT2D eigenvalue weighted by Gasteiger charge is 2.25. The van der Waals surface area contributed by atoms with E-state index in [0.717, 1.165) is 23.1 Å². The van der Waals surface area contributed by atoms with Crippen LogP contribution in [-0.4, -0.2) is 10.7 Å². The summed E-state index contributed by atoms with van der Waals surface area (Å²) in [7, 11) is 0. The number of amides is 1. The van der Waals surface area contributed by atoms with E-state index in [0.29, 0.717) is 0 Å². The van der Waals surface area contributed by atoms with E-state index in [1.165, 1.54) is 18.2 Å². The number of benzene rings is 1. The molecule has 2 rings (SSSR count). The molecule has 1 aromatic rings. The maximum absolute atomic E-state index is 13.0. The van der Waals surface area contributed by atoms with Gasteiger partial charge in [-0.3, -0.25) is 4.79 Å². The molecule has 4 heteroatoms. The first-order chi connectivity index (χ1) is 7.08. The van der Waals surface area contributed by atoms with Gasteiger partial charge in [0.05, 0.1) is 0 Å². The Bertz CT molecular complexity index is 456. The third-order valence-corrected chi connectivity index (χ3v) is 3.23. The summed E-state index contributed by atoms with van der Waals surface area (Å²) >= 11 is 3.44. The van der Waals surface area contributed by atoms with Crippen LogP contribution in [0, 0.1) is 5.82 Å². The van der Waals surface area contributed by atoms with E-state index >= 15 is 0 Å². The summed E-state index contributed by atoms with van der Waals surface area (Å²) in [6, 6.07) is 4.60. The third kappa shape index (κ3) is 1.95. The molecule has 0 radical (unpaired) electrons. The molecular formula is C11H9BrFNO. The Kier molecular flexibility index (Phi) is 2.61. The molecule has 0 aliphatic heterocycles. The lowest BCUT2D eigenvalue weighted by Gasteiger charge is -2.02. The average molecular weight is 270 g/mol. The van der Waals surface area contributed by atoms with Crippen LogP contribution in [-0.2, 0) is 11.2 Å². The number of nitrogens with two attached hydrogens (primary N) is 1. The van der Waals surface area contributed by atoms with Gasteiger partial charge >= 0.3 is 0 Å². The molecule has 0 spiro atoms. The highest BCUT2D eigenvalue weighted by molar-refractivity contribution is 9.09. The molecule has 15 heavy (non-hydrogen) atoms. The molecule has 0 bridgehead atoms. The summed E-state index contributed by atoms with van der Waals surface area (Å²) in [6.45, 7) is 0. The standard InChI is InChI=1S/C11H9BrFNO/c12-10-3-6-1-2-7(13)4-8(6)9(10)5-11(14)15/h1-2,4-5,10H,3H2,(H2,14,15)/b9-5+. The van der Waals surface area contributed by atoms with Crippen molar-refractivity contribution in [2.45, 2.75) is 11.2 Å². The van der Waals surface area contributed by atoms with Gasteiger partial charge in [0.25, 0.3) is 0 Å². The lowest BCUT2D eigenvalue weighted by molar-refractivity contribution is -0.113. The van der Waals surface area contributed by atoms with Gasteiger partial charge in [-0.2, -0.15) is 0 Å². The minimum atomic E-state index is -0.508. The summed E-state index contributed by atoms with van der Waals surface area (Å²) in [6.07, 6.45) is 2.11. The summed E-state index contributed by atoms with van der Waals surface area (Å²) in [4.78, 5) is 10.9. The fourth-order valence-corrected chi connectivity index (χ4v) is 2.52. The minimum Gasteiger partial charge on any atom is -0.366 e. The molecule has 2 N–H and O–H groups in total. The molecule has 1 aliphatic carbocycles. The van der Waals surface area contributed by atoms with Crippen molar-refractivity contribution in [3.05, 3.63) is 41.2 Å². The second-order valence-electron chi connectivity index (χ2n) is 3.48. The van der Waals surface area contributed by atoms with Gasteiger partial charge in [-0.25, -0.2) is 4.39 Å². The van der Waals surface area contributed by atoms with Gasteiger partial charge in [0.1, 0.15) is 5.82 Å². The Morgan fingerprint density at radius 2 is 2.33 bits per heavy atom. The first-order valence-corrected chi connectivity index (χ1v) is 5.43. The number of carbonyl (C=O) groups excluding carboxylic acids is 1. The predicted octanol–water partition coefficient (Wildman–Crippen LogP) is 2.01. The van der Waals surface area contributed by atoms with Crippen molar-refractivity contribution >= 4 is 27.4 Å². The van der Waals surface area contributed by atoms with Crippen molar-refractivity contribution in [3.8, 4) is 0 Å². The molecule has 1 aliphatic rings. The van der Waals surface area contributed by atoms with E-state index in [9.17, 15) is 9.18 Å². The second-order valence-corrected chi connectivity index (χ2v) is 4.58. The molecule has 1 unspecified atom stereocenters. The lowest BCUT2D eigenvalue weighted by atomic mass is 10.1. The van der Waals surface area contributed by atoms with Crippen LogP contribution >= 0.6 is 15.9 Å². The number of halogens is 2. The summed E-state index contributed by atoms with van der Waals surface area (Å²) in [5.74, 6) is -0.808. The van der Waals surface area contributed by atoms with Gasteiger partial charge in [0.15, 0.2) is 0 Å². The van der Waals surface area contributed by atoms with E-state index in [1.54, 1.807) is 6.07 Å². The highest BCUT2D eigenvalue weighted by Crippen LogP contribution is 2.36.